The standard InChI is InChI=1S/C18H19F3N2O3S/c1-3-23(4-2)17(24)13-9-11-14(12-10-13)22-27(25,26)16-8-6-5-7-15(16)18(19,20)21/h5-12,22H,3-4H2,1-2H3. The van der Waals surface area contributed by atoms with Crippen LogP contribution in [0.1, 0.15) is 29.8 Å². The molecule has 0 atom stereocenters. The Balaban J connectivity index is 2.29. The van der Waals surface area contributed by atoms with Gasteiger partial charge in [-0.2, -0.15) is 13.2 Å². The summed E-state index contributed by atoms with van der Waals surface area (Å²) in [7, 11) is -4.45. The Bertz CT molecular complexity index is 906. The van der Waals surface area contributed by atoms with Gasteiger partial charge in [0.2, 0.25) is 0 Å². The number of nitrogens with zero attached hydrogens (tertiary/aromatic N) is 1. The van der Waals surface area contributed by atoms with Crippen LogP contribution in [0.25, 0.3) is 0 Å². The molecule has 0 unspecified atom stereocenters. The van der Waals surface area contributed by atoms with Crippen LogP contribution in [0.4, 0.5) is 18.9 Å². The zero-order valence-electron chi connectivity index (χ0n) is 14.7. The van der Waals surface area contributed by atoms with Crippen LogP contribution in [0, 0.1) is 0 Å². The molecule has 0 saturated carbocycles. The average Bonchev–Trinajstić information content (AvgIpc) is 2.62. The Labute approximate surface area is 155 Å². The van der Waals surface area contributed by atoms with Gasteiger partial charge in [-0.3, -0.25) is 9.52 Å². The Morgan fingerprint density at radius 2 is 1.56 bits per heavy atom. The van der Waals surface area contributed by atoms with Gasteiger partial charge in [0, 0.05) is 24.3 Å². The summed E-state index contributed by atoms with van der Waals surface area (Å²) in [5.74, 6) is -0.211. The van der Waals surface area contributed by atoms with Crippen molar-refractivity contribution in [3.05, 3.63) is 59.7 Å². The molecule has 0 aliphatic carbocycles. The Morgan fingerprint density at radius 3 is 2.07 bits per heavy atom. The van der Waals surface area contributed by atoms with E-state index in [1.54, 1.807) is 4.90 Å². The second kappa shape index (κ2) is 7.99. The minimum Gasteiger partial charge on any atom is -0.339 e. The lowest BCUT2D eigenvalue weighted by molar-refractivity contribution is -0.139. The molecule has 0 radical (unpaired) electrons. The summed E-state index contributed by atoms with van der Waals surface area (Å²) >= 11 is 0. The topological polar surface area (TPSA) is 66.5 Å². The smallest absolute Gasteiger partial charge is 0.339 e. The Morgan fingerprint density at radius 1 is 1.00 bits per heavy atom. The molecule has 0 aliphatic rings. The number of amides is 1. The highest BCUT2D eigenvalue weighted by Gasteiger charge is 2.36. The van der Waals surface area contributed by atoms with Crippen molar-refractivity contribution in [1.82, 2.24) is 4.90 Å². The maximum Gasteiger partial charge on any atom is 0.417 e. The highest BCUT2D eigenvalue weighted by Crippen LogP contribution is 2.34. The fourth-order valence-corrected chi connectivity index (χ4v) is 3.81. The van der Waals surface area contributed by atoms with Crippen LogP contribution in [-0.4, -0.2) is 32.3 Å². The lowest BCUT2D eigenvalue weighted by Crippen LogP contribution is -2.30. The van der Waals surface area contributed by atoms with Gasteiger partial charge in [-0.15, -0.1) is 0 Å². The molecule has 9 heteroatoms. The second-order valence-electron chi connectivity index (χ2n) is 5.65. The van der Waals surface area contributed by atoms with Gasteiger partial charge in [-0.25, -0.2) is 8.42 Å². The van der Waals surface area contributed by atoms with Crippen molar-refractivity contribution in [1.29, 1.82) is 0 Å². The van der Waals surface area contributed by atoms with Crippen LogP contribution >= 0.6 is 0 Å². The molecule has 0 bridgehead atoms. The summed E-state index contributed by atoms with van der Waals surface area (Å²) in [4.78, 5) is 13.0. The molecule has 0 heterocycles. The molecule has 2 aromatic rings. The zero-order valence-corrected chi connectivity index (χ0v) is 15.6. The van der Waals surface area contributed by atoms with Gasteiger partial charge in [0.15, 0.2) is 0 Å². The van der Waals surface area contributed by atoms with E-state index < -0.39 is 26.7 Å². The van der Waals surface area contributed by atoms with E-state index in [-0.39, 0.29) is 11.6 Å². The van der Waals surface area contributed by atoms with Crippen LogP contribution in [0.3, 0.4) is 0 Å². The van der Waals surface area contributed by atoms with Crippen LogP contribution in [0.15, 0.2) is 53.4 Å². The molecule has 1 N–H and O–H groups in total. The summed E-state index contributed by atoms with van der Waals surface area (Å²) in [5.41, 5.74) is -0.828. The third-order valence-corrected chi connectivity index (χ3v) is 5.36. The SMILES string of the molecule is CCN(CC)C(=O)c1ccc(NS(=O)(=O)c2ccccc2C(F)(F)F)cc1. The number of nitrogens with one attached hydrogen (secondary N) is 1. The van der Waals surface area contributed by atoms with Gasteiger partial charge in [0.1, 0.15) is 0 Å². The van der Waals surface area contributed by atoms with Gasteiger partial charge in [0.05, 0.1) is 10.5 Å². The van der Waals surface area contributed by atoms with E-state index in [9.17, 15) is 26.4 Å². The minimum absolute atomic E-state index is 0.0584. The largest absolute Gasteiger partial charge is 0.417 e. The molecule has 0 spiro atoms. The second-order valence-corrected chi connectivity index (χ2v) is 7.31. The minimum atomic E-state index is -4.80. The van der Waals surface area contributed by atoms with Crippen molar-refractivity contribution in [2.75, 3.05) is 17.8 Å². The van der Waals surface area contributed by atoms with Crippen LogP contribution in [0.2, 0.25) is 0 Å². The van der Waals surface area contributed by atoms with Crippen molar-refractivity contribution in [2.45, 2.75) is 24.9 Å². The highest BCUT2D eigenvalue weighted by atomic mass is 32.2. The zero-order chi connectivity index (χ0) is 20.2. The summed E-state index contributed by atoms with van der Waals surface area (Å²) < 4.78 is 66.1. The number of anilines is 1. The molecular formula is C18H19F3N2O3S. The molecule has 2 aromatic carbocycles. The number of carbonyl (C=O) groups excluding carboxylic acids is 1. The number of hydrogen-bond acceptors (Lipinski definition) is 3. The van der Waals surface area contributed by atoms with E-state index in [0.717, 1.165) is 12.1 Å². The Kier molecular flexibility index (Phi) is 6.15. The van der Waals surface area contributed by atoms with Crippen molar-refractivity contribution in [3.8, 4) is 0 Å². The van der Waals surface area contributed by atoms with Gasteiger partial charge in [-0.05, 0) is 50.2 Å². The molecule has 0 aromatic heterocycles. The van der Waals surface area contributed by atoms with E-state index in [2.05, 4.69) is 4.72 Å². The summed E-state index contributed by atoms with van der Waals surface area (Å²) in [6.45, 7) is 4.72. The van der Waals surface area contributed by atoms with Gasteiger partial charge in [0.25, 0.3) is 15.9 Å². The third-order valence-electron chi connectivity index (χ3n) is 3.92. The van der Waals surface area contributed by atoms with Crippen molar-refractivity contribution in [2.24, 2.45) is 0 Å². The molecule has 0 fully saturated rings. The first-order valence-electron chi connectivity index (χ1n) is 8.18. The van der Waals surface area contributed by atoms with Crippen LogP contribution < -0.4 is 4.72 Å². The lowest BCUT2D eigenvalue weighted by Gasteiger charge is -2.19. The number of rotatable bonds is 6. The maximum atomic E-state index is 13.1. The fourth-order valence-electron chi connectivity index (χ4n) is 2.52. The first kappa shape index (κ1) is 20.8. The van der Waals surface area contributed by atoms with E-state index >= 15 is 0 Å². The van der Waals surface area contributed by atoms with Crippen LogP contribution in [0.5, 0.6) is 0 Å². The lowest BCUT2D eigenvalue weighted by atomic mass is 10.2. The quantitative estimate of drug-likeness (QED) is 0.797. The molecule has 27 heavy (non-hydrogen) atoms. The van der Waals surface area contributed by atoms with Crippen molar-refractivity contribution in [3.63, 3.8) is 0 Å². The molecule has 1 amide bonds. The summed E-state index contributed by atoms with van der Waals surface area (Å²) in [6.07, 6.45) is -4.80. The third kappa shape index (κ3) is 4.79. The predicted molar refractivity (Wildman–Crippen MR) is 95.9 cm³/mol. The summed E-state index contributed by atoms with van der Waals surface area (Å²) in [5, 5.41) is 0. The maximum absolute atomic E-state index is 13.1. The monoisotopic (exact) mass is 400 g/mol. The van der Waals surface area contributed by atoms with Gasteiger partial charge >= 0.3 is 6.18 Å². The number of hydrogen-bond donors (Lipinski definition) is 1. The number of halogens is 3. The molecule has 0 saturated heterocycles. The summed E-state index contributed by atoms with van der Waals surface area (Å²) in [6, 6.07) is 9.46. The first-order valence-corrected chi connectivity index (χ1v) is 9.66. The van der Waals surface area contributed by atoms with E-state index in [0.29, 0.717) is 24.7 Å². The molecule has 146 valence electrons. The van der Waals surface area contributed by atoms with Crippen molar-refractivity contribution < 1.29 is 26.4 Å². The van der Waals surface area contributed by atoms with Crippen LogP contribution in [-0.2, 0) is 16.2 Å². The number of alkyl halides is 3. The molecular weight excluding hydrogens is 381 g/mol. The Hall–Kier alpha value is -2.55. The molecule has 2 rings (SSSR count). The number of carbonyl (C=O) groups is 1. The number of benzene rings is 2. The molecule has 0 aliphatic heterocycles. The van der Waals surface area contributed by atoms with E-state index in [4.69, 9.17) is 0 Å². The molecule has 5 nitrogen and oxygen atoms in total. The van der Waals surface area contributed by atoms with E-state index in [1.165, 1.54) is 30.3 Å². The first-order chi connectivity index (χ1) is 12.6. The predicted octanol–water partition coefficient (Wildman–Crippen LogP) is 3.99. The fraction of sp³-hybridized carbons (Fsp3) is 0.278. The normalized spacial score (nSPS) is 11.9. The number of sulfonamides is 1. The van der Waals surface area contributed by atoms with Gasteiger partial charge in [-0.1, -0.05) is 12.1 Å². The average molecular weight is 400 g/mol. The highest BCUT2D eigenvalue weighted by molar-refractivity contribution is 7.92. The van der Waals surface area contributed by atoms with Crippen molar-refractivity contribution >= 4 is 21.6 Å². The van der Waals surface area contributed by atoms with Gasteiger partial charge < -0.3 is 4.90 Å². The van der Waals surface area contributed by atoms with E-state index in [1.807, 2.05) is 13.8 Å².